The summed E-state index contributed by atoms with van der Waals surface area (Å²) in [6, 6.07) is 74.2. The largest absolute Gasteiger partial charge is 0.452 e. The van der Waals surface area contributed by atoms with Crippen LogP contribution < -0.4 is 0 Å². The van der Waals surface area contributed by atoms with Gasteiger partial charge in [-0.1, -0.05) is 152 Å². The monoisotopic (exact) mass is 805 g/mol. The van der Waals surface area contributed by atoms with Crippen molar-refractivity contribution < 1.29 is 4.42 Å². The van der Waals surface area contributed by atoms with Gasteiger partial charge in [-0.15, -0.1) is 0 Å². The van der Waals surface area contributed by atoms with E-state index in [1.807, 2.05) is 36.4 Å². The molecule has 13 aromatic rings. The average Bonchev–Trinajstić information content (AvgIpc) is 4.02. The molecule has 9 aromatic carbocycles. The van der Waals surface area contributed by atoms with Crippen molar-refractivity contribution in [3.63, 3.8) is 0 Å². The first kappa shape index (κ1) is 35.2. The number of fused-ring (bicyclic) bond motifs is 10. The van der Waals surface area contributed by atoms with Crippen LogP contribution in [-0.2, 0) is 0 Å². The Morgan fingerprint density at radius 2 is 0.810 bits per heavy atom. The van der Waals surface area contributed by atoms with E-state index in [0.717, 1.165) is 94.0 Å². The first-order chi connectivity index (χ1) is 31.2. The van der Waals surface area contributed by atoms with Crippen molar-refractivity contribution >= 4 is 65.6 Å². The molecule has 0 fully saturated rings. The molecule has 0 spiro atoms. The molecule has 0 N–H and O–H groups in total. The van der Waals surface area contributed by atoms with E-state index in [0.29, 0.717) is 17.5 Å². The molecular formula is C57H35N5O. The summed E-state index contributed by atoms with van der Waals surface area (Å²) in [5.74, 6) is 1.84. The van der Waals surface area contributed by atoms with E-state index >= 15 is 0 Å². The number of hydrogen-bond donors (Lipinski definition) is 0. The molecule has 0 radical (unpaired) electrons. The second-order valence-corrected chi connectivity index (χ2v) is 16.0. The van der Waals surface area contributed by atoms with Crippen LogP contribution in [0.1, 0.15) is 0 Å². The molecule has 0 aliphatic heterocycles. The molecule has 0 aliphatic rings. The molecule has 6 heteroatoms. The Bertz CT molecular complexity index is 3850. The van der Waals surface area contributed by atoms with Crippen LogP contribution in [0.25, 0.3) is 122 Å². The van der Waals surface area contributed by atoms with E-state index in [1.165, 1.54) is 10.8 Å². The molecule has 0 amide bonds. The molecule has 0 saturated heterocycles. The number of hydrogen-bond acceptors (Lipinski definition) is 4. The highest BCUT2D eigenvalue weighted by atomic mass is 16.3. The van der Waals surface area contributed by atoms with Gasteiger partial charge in [0.05, 0.1) is 27.8 Å². The lowest BCUT2D eigenvalue weighted by Gasteiger charge is -2.10. The van der Waals surface area contributed by atoms with E-state index in [-0.39, 0.29) is 0 Å². The zero-order chi connectivity index (χ0) is 41.4. The number of benzene rings is 9. The van der Waals surface area contributed by atoms with E-state index < -0.39 is 0 Å². The van der Waals surface area contributed by atoms with Crippen LogP contribution in [0.2, 0.25) is 0 Å². The van der Waals surface area contributed by atoms with Gasteiger partial charge in [-0.25, -0.2) is 15.0 Å². The van der Waals surface area contributed by atoms with Gasteiger partial charge in [-0.2, -0.15) is 0 Å². The third kappa shape index (κ3) is 5.55. The summed E-state index contributed by atoms with van der Waals surface area (Å²) in [5, 5.41) is 6.71. The van der Waals surface area contributed by atoms with Crippen molar-refractivity contribution in [3.05, 3.63) is 212 Å². The quantitative estimate of drug-likeness (QED) is 0.168. The lowest BCUT2D eigenvalue weighted by atomic mass is 10.0. The maximum Gasteiger partial charge on any atom is 0.164 e. The van der Waals surface area contributed by atoms with Gasteiger partial charge in [0.25, 0.3) is 0 Å². The zero-order valence-corrected chi connectivity index (χ0v) is 33.9. The molecule has 6 nitrogen and oxygen atoms in total. The van der Waals surface area contributed by atoms with Crippen molar-refractivity contribution in [3.8, 4) is 56.7 Å². The van der Waals surface area contributed by atoms with Gasteiger partial charge in [-0.3, -0.25) is 0 Å². The van der Waals surface area contributed by atoms with E-state index in [4.69, 9.17) is 19.4 Å². The summed E-state index contributed by atoms with van der Waals surface area (Å²) in [6.07, 6.45) is 0. The molecule has 13 rings (SSSR count). The first-order valence-electron chi connectivity index (χ1n) is 21.2. The second kappa shape index (κ2) is 14.0. The molecule has 0 aliphatic carbocycles. The van der Waals surface area contributed by atoms with Crippen LogP contribution in [0.5, 0.6) is 0 Å². The van der Waals surface area contributed by atoms with Gasteiger partial charge < -0.3 is 13.6 Å². The zero-order valence-electron chi connectivity index (χ0n) is 33.9. The Labute approximate surface area is 361 Å². The topological polar surface area (TPSA) is 61.7 Å². The number of aromatic nitrogens is 5. The van der Waals surface area contributed by atoms with E-state index in [2.05, 4.69) is 185 Å². The fraction of sp³-hybridized carbons (Fsp3) is 0. The maximum absolute atomic E-state index is 7.22. The highest BCUT2D eigenvalue weighted by molar-refractivity contribution is 6.23. The van der Waals surface area contributed by atoms with Gasteiger partial charge in [0, 0.05) is 54.7 Å². The Hall–Kier alpha value is -8.61. The summed E-state index contributed by atoms with van der Waals surface area (Å²) in [7, 11) is 0. The molecule has 0 bridgehead atoms. The van der Waals surface area contributed by atoms with Crippen molar-refractivity contribution in [1.82, 2.24) is 24.1 Å². The van der Waals surface area contributed by atoms with E-state index in [9.17, 15) is 0 Å². The lowest BCUT2D eigenvalue weighted by Crippen LogP contribution is -2.00. The summed E-state index contributed by atoms with van der Waals surface area (Å²) in [5.41, 5.74) is 13.1. The minimum absolute atomic E-state index is 0.604. The minimum atomic E-state index is 0.604. The summed E-state index contributed by atoms with van der Waals surface area (Å²) in [4.78, 5) is 15.4. The molecule has 63 heavy (non-hydrogen) atoms. The smallest absolute Gasteiger partial charge is 0.164 e. The highest BCUT2D eigenvalue weighted by Crippen LogP contribution is 2.44. The predicted molar refractivity (Wildman–Crippen MR) is 258 cm³/mol. The van der Waals surface area contributed by atoms with Gasteiger partial charge >= 0.3 is 0 Å². The van der Waals surface area contributed by atoms with Gasteiger partial charge in [0.15, 0.2) is 28.6 Å². The molecular weight excluding hydrogens is 771 g/mol. The second-order valence-electron chi connectivity index (χ2n) is 16.0. The molecule has 0 unspecified atom stereocenters. The van der Waals surface area contributed by atoms with Crippen LogP contribution in [-0.4, -0.2) is 24.1 Å². The number of para-hydroxylation sites is 4. The van der Waals surface area contributed by atoms with Crippen LogP contribution in [0, 0.1) is 0 Å². The minimum Gasteiger partial charge on any atom is -0.452 e. The molecule has 4 heterocycles. The lowest BCUT2D eigenvalue weighted by molar-refractivity contribution is 0.668. The summed E-state index contributed by atoms with van der Waals surface area (Å²) >= 11 is 0. The Morgan fingerprint density at radius 1 is 0.302 bits per heavy atom. The first-order valence-corrected chi connectivity index (χ1v) is 21.2. The third-order valence-corrected chi connectivity index (χ3v) is 12.4. The molecule has 4 aromatic heterocycles. The fourth-order valence-corrected chi connectivity index (χ4v) is 9.50. The van der Waals surface area contributed by atoms with Gasteiger partial charge in [-0.05, 0) is 71.8 Å². The third-order valence-electron chi connectivity index (χ3n) is 12.4. The molecule has 0 saturated carbocycles. The van der Waals surface area contributed by atoms with Crippen molar-refractivity contribution in [1.29, 1.82) is 0 Å². The molecule has 294 valence electrons. The van der Waals surface area contributed by atoms with Crippen molar-refractivity contribution in [2.45, 2.75) is 0 Å². The standard InChI is InChI=1S/C57H35N5O/c1-4-16-36(17-5-1)38-20-14-21-39(34-38)56-58-55(37-18-6-2-7-19-37)59-57(60-56)40-30-33-50-47(35-40)44-31-32-46-45-26-15-29-51(53(45)63-54(46)52(44)61(50)41-22-8-3-9-23-41)62-48-27-12-10-24-42(48)43-25-11-13-28-49(43)62/h1-35H. The van der Waals surface area contributed by atoms with Crippen LogP contribution in [0.4, 0.5) is 0 Å². The number of furan rings is 1. The molecule has 0 atom stereocenters. The van der Waals surface area contributed by atoms with Crippen LogP contribution in [0.3, 0.4) is 0 Å². The Morgan fingerprint density at radius 3 is 1.52 bits per heavy atom. The normalized spacial score (nSPS) is 11.8. The summed E-state index contributed by atoms with van der Waals surface area (Å²) in [6.45, 7) is 0. The Kier molecular flexibility index (Phi) is 7.80. The fourth-order valence-electron chi connectivity index (χ4n) is 9.50. The number of rotatable bonds is 6. The maximum atomic E-state index is 7.22. The van der Waals surface area contributed by atoms with Crippen LogP contribution >= 0.6 is 0 Å². The van der Waals surface area contributed by atoms with E-state index in [1.54, 1.807) is 0 Å². The predicted octanol–water partition coefficient (Wildman–Crippen LogP) is 14.6. The summed E-state index contributed by atoms with van der Waals surface area (Å²) < 4.78 is 11.9. The van der Waals surface area contributed by atoms with Crippen LogP contribution in [0.15, 0.2) is 217 Å². The SMILES string of the molecule is c1ccc(-c2cccc(-c3nc(-c4ccccc4)nc(-c4ccc5c(c4)c4ccc6c7cccc(-n8c9ccccc9c9ccccc98)c7oc6c4n5-c4ccccc4)n3)c2)cc1. The van der Waals surface area contributed by atoms with Crippen molar-refractivity contribution in [2.24, 2.45) is 0 Å². The van der Waals surface area contributed by atoms with Gasteiger partial charge in [0.2, 0.25) is 0 Å². The average molecular weight is 806 g/mol. The van der Waals surface area contributed by atoms with Crippen molar-refractivity contribution in [2.75, 3.05) is 0 Å². The van der Waals surface area contributed by atoms with Gasteiger partial charge in [0.1, 0.15) is 0 Å². The number of nitrogens with zero attached hydrogens (tertiary/aromatic N) is 5. The highest BCUT2D eigenvalue weighted by Gasteiger charge is 2.23. The Balaban J connectivity index is 1.05.